The molecule has 3 rings (SSSR count). The lowest BCUT2D eigenvalue weighted by molar-refractivity contribution is 0.282. The number of aromatic nitrogens is 1. The highest BCUT2D eigenvalue weighted by atomic mass is 19.1. The van der Waals surface area contributed by atoms with Crippen LogP contribution in [0.4, 0.5) is 8.78 Å². The molecule has 3 aromatic rings. The maximum atomic E-state index is 13.2. The number of aliphatic hydroxyl groups is 1. The molecule has 1 aromatic heterocycles. The van der Waals surface area contributed by atoms with Crippen molar-refractivity contribution >= 4 is 10.9 Å². The SMILES string of the molecule is OCc1ccc2c(ccn2Cc2cc(F)cc(F)c2)c1. The van der Waals surface area contributed by atoms with E-state index >= 15 is 0 Å². The number of hydrogen-bond donors (Lipinski definition) is 1. The van der Waals surface area contributed by atoms with Crippen LogP contribution in [0.3, 0.4) is 0 Å². The Labute approximate surface area is 114 Å². The summed E-state index contributed by atoms with van der Waals surface area (Å²) in [4.78, 5) is 0. The quantitative estimate of drug-likeness (QED) is 0.776. The molecular weight excluding hydrogens is 260 g/mol. The van der Waals surface area contributed by atoms with E-state index in [1.807, 2.05) is 35.0 Å². The summed E-state index contributed by atoms with van der Waals surface area (Å²) in [6, 6.07) is 11.1. The number of rotatable bonds is 3. The minimum Gasteiger partial charge on any atom is -0.392 e. The largest absolute Gasteiger partial charge is 0.392 e. The first-order chi connectivity index (χ1) is 9.65. The molecule has 1 N–H and O–H groups in total. The lowest BCUT2D eigenvalue weighted by Crippen LogP contribution is -1.99. The highest BCUT2D eigenvalue weighted by Crippen LogP contribution is 2.19. The summed E-state index contributed by atoms with van der Waals surface area (Å²) in [5.74, 6) is -1.14. The van der Waals surface area contributed by atoms with Gasteiger partial charge in [-0.15, -0.1) is 0 Å². The van der Waals surface area contributed by atoms with Gasteiger partial charge in [-0.2, -0.15) is 0 Å². The van der Waals surface area contributed by atoms with Gasteiger partial charge in [0.1, 0.15) is 11.6 Å². The van der Waals surface area contributed by atoms with E-state index in [-0.39, 0.29) is 6.61 Å². The van der Waals surface area contributed by atoms with Crippen molar-refractivity contribution in [3.8, 4) is 0 Å². The molecule has 2 aromatic carbocycles. The molecule has 0 aliphatic carbocycles. The number of fused-ring (bicyclic) bond motifs is 1. The van der Waals surface area contributed by atoms with Gasteiger partial charge >= 0.3 is 0 Å². The average Bonchev–Trinajstić information content (AvgIpc) is 2.80. The van der Waals surface area contributed by atoms with Crippen LogP contribution in [0.1, 0.15) is 11.1 Å². The Balaban J connectivity index is 1.98. The van der Waals surface area contributed by atoms with Crippen molar-refractivity contribution in [2.75, 3.05) is 0 Å². The van der Waals surface area contributed by atoms with E-state index in [9.17, 15) is 8.78 Å². The first-order valence-electron chi connectivity index (χ1n) is 6.29. The van der Waals surface area contributed by atoms with Gasteiger partial charge in [0.2, 0.25) is 0 Å². The lowest BCUT2D eigenvalue weighted by atomic mass is 10.1. The van der Waals surface area contributed by atoms with E-state index < -0.39 is 11.6 Å². The summed E-state index contributed by atoms with van der Waals surface area (Å²) in [5, 5.41) is 10.1. The molecule has 0 atom stereocenters. The van der Waals surface area contributed by atoms with Crippen molar-refractivity contribution in [2.45, 2.75) is 13.2 Å². The van der Waals surface area contributed by atoms with Crippen LogP contribution in [0.2, 0.25) is 0 Å². The summed E-state index contributed by atoms with van der Waals surface area (Å²) in [5.41, 5.74) is 2.38. The van der Waals surface area contributed by atoms with Gasteiger partial charge in [-0.1, -0.05) is 6.07 Å². The maximum absolute atomic E-state index is 13.2. The van der Waals surface area contributed by atoms with Crippen LogP contribution in [-0.2, 0) is 13.2 Å². The van der Waals surface area contributed by atoms with E-state index in [0.29, 0.717) is 12.1 Å². The standard InChI is InChI=1S/C16H13F2NO/c17-14-6-12(7-15(18)8-14)9-19-4-3-13-5-11(10-20)1-2-16(13)19/h1-8,20H,9-10H2. The second kappa shape index (κ2) is 5.06. The first-order valence-corrected chi connectivity index (χ1v) is 6.29. The van der Waals surface area contributed by atoms with Crippen molar-refractivity contribution in [2.24, 2.45) is 0 Å². The molecule has 0 radical (unpaired) electrons. The second-order valence-corrected chi connectivity index (χ2v) is 4.77. The number of benzene rings is 2. The normalized spacial score (nSPS) is 11.2. The fraction of sp³-hybridized carbons (Fsp3) is 0.125. The average molecular weight is 273 g/mol. The molecule has 0 bridgehead atoms. The smallest absolute Gasteiger partial charge is 0.126 e. The summed E-state index contributed by atoms with van der Waals surface area (Å²) in [6.45, 7) is 0.396. The molecule has 2 nitrogen and oxygen atoms in total. The third kappa shape index (κ3) is 2.42. The Morgan fingerprint density at radius 3 is 2.35 bits per heavy atom. The van der Waals surface area contributed by atoms with Gasteiger partial charge in [0.05, 0.1) is 6.61 Å². The van der Waals surface area contributed by atoms with E-state index in [2.05, 4.69) is 0 Å². The van der Waals surface area contributed by atoms with E-state index in [0.717, 1.165) is 22.5 Å². The molecule has 4 heteroatoms. The number of nitrogens with zero attached hydrogens (tertiary/aromatic N) is 1. The first kappa shape index (κ1) is 12.8. The minimum absolute atomic E-state index is 0.00374. The van der Waals surface area contributed by atoms with E-state index in [4.69, 9.17) is 5.11 Å². The van der Waals surface area contributed by atoms with Gasteiger partial charge < -0.3 is 9.67 Å². The molecule has 0 saturated heterocycles. The van der Waals surface area contributed by atoms with Crippen LogP contribution in [0.15, 0.2) is 48.7 Å². The Morgan fingerprint density at radius 2 is 1.65 bits per heavy atom. The van der Waals surface area contributed by atoms with Crippen LogP contribution < -0.4 is 0 Å². The van der Waals surface area contributed by atoms with E-state index in [1.165, 1.54) is 12.1 Å². The van der Waals surface area contributed by atoms with Crippen molar-refractivity contribution in [1.29, 1.82) is 0 Å². The van der Waals surface area contributed by atoms with Crippen LogP contribution in [0.25, 0.3) is 10.9 Å². The van der Waals surface area contributed by atoms with Crippen molar-refractivity contribution in [3.05, 3.63) is 71.4 Å². The third-order valence-corrected chi connectivity index (χ3v) is 3.29. The molecular formula is C16H13F2NO. The van der Waals surface area contributed by atoms with Gasteiger partial charge in [-0.3, -0.25) is 0 Å². The summed E-state index contributed by atoms with van der Waals surface area (Å²) < 4.78 is 28.3. The molecule has 102 valence electrons. The Kier molecular flexibility index (Phi) is 3.24. The van der Waals surface area contributed by atoms with E-state index in [1.54, 1.807) is 0 Å². The molecule has 0 aliphatic heterocycles. The summed E-state index contributed by atoms with van der Waals surface area (Å²) in [7, 11) is 0. The summed E-state index contributed by atoms with van der Waals surface area (Å²) >= 11 is 0. The highest BCUT2D eigenvalue weighted by Gasteiger charge is 2.05. The molecule has 1 heterocycles. The molecule has 0 fully saturated rings. The Hall–Kier alpha value is -2.20. The molecule has 0 saturated carbocycles. The highest BCUT2D eigenvalue weighted by molar-refractivity contribution is 5.81. The van der Waals surface area contributed by atoms with Crippen molar-refractivity contribution in [1.82, 2.24) is 4.57 Å². The zero-order valence-corrected chi connectivity index (χ0v) is 10.7. The molecule has 0 unspecified atom stereocenters. The van der Waals surface area contributed by atoms with Crippen LogP contribution in [0.5, 0.6) is 0 Å². The monoisotopic (exact) mass is 273 g/mol. The maximum Gasteiger partial charge on any atom is 0.126 e. The van der Waals surface area contributed by atoms with Crippen LogP contribution in [0, 0.1) is 11.6 Å². The predicted octanol–water partition coefficient (Wildman–Crippen LogP) is 3.46. The zero-order chi connectivity index (χ0) is 14.1. The molecule has 0 aliphatic rings. The van der Waals surface area contributed by atoms with Crippen LogP contribution in [-0.4, -0.2) is 9.67 Å². The van der Waals surface area contributed by atoms with Gasteiger partial charge in [-0.05, 0) is 46.8 Å². The second-order valence-electron chi connectivity index (χ2n) is 4.77. The third-order valence-electron chi connectivity index (χ3n) is 3.29. The summed E-state index contributed by atoms with van der Waals surface area (Å²) in [6.07, 6.45) is 1.87. The van der Waals surface area contributed by atoms with Gasteiger partial charge in [0.15, 0.2) is 0 Å². The lowest BCUT2D eigenvalue weighted by Gasteiger charge is -2.07. The Bertz CT molecular complexity index is 744. The fourth-order valence-electron chi connectivity index (χ4n) is 2.38. The number of halogens is 2. The fourth-order valence-corrected chi connectivity index (χ4v) is 2.38. The van der Waals surface area contributed by atoms with Gasteiger partial charge in [0, 0.05) is 24.3 Å². The van der Waals surface area contributed by atoms with Gasteiger partial charge in [0.25, 0.3) is 0 Å². The van der Waals surface area contributed by atoms with Gasteiger partial charge in [-0.25, -0.2) is 8.78 Å². The molecule has 0 spiro atoms. The zero-order valence-electron chi connectivity index (χ0n) is 10.7. The van der Waals surface area contributed by atoms with Crippen molar-refractivity contribution < 1.29 is 13.9 Å². The van der Waals surface area contributed by atoms with Crippen LogP contribution >= 0.6 is 0 Å². The Morgan fingerprint density at radius 1 is 0.900 bits per heavy atom. The molecule has 0 amide bonds. The number of hydrogen-bond acceptors (Lipinski definition) is 1. The number of aliphatic hydroxyl groups excluding tert-OH is 1. The van der Waals surface area contributed by atoms with Crippen molar-refractivity contribution in [3.63, 3.8) is 0 Å². The topological polar surface area (TPSA) is 25.2 Å². The predicted molar refractivity (Wildman–Crippen MR) is 73.3 cm³/mol. The minimum atomic E-state index is -0.570. The molecule has 20 heavy (non-hydrogen) atoms.